The normalized spacial score (nSPS) is 11.1. The second-order valence-corrected chi connectivity index (χ2v) is 4.00. The molecule has 0 aliphatic carbocycles. The molecular formula is C11H15Cl2N3O2. The van der Waals surface area contributed by atoms with Crippen LogP contribution in [0.1, 0.15) is 6.92 Å². The first-order valence-electron chi connectivity index (χ1n) is 5.08. The second-order valence-electron chi connectivity index (χ2n) is 3.56. The lowest BCUT2D eigenvalue weighted by molar-refractivity contribution is -0.124. The molecule has 1 aromatic rings. The Kier molecular flexibility index (Phi) is 7.35. The number of halogens is 2. The predicted molar refractivity (Wildman–Crippen MR) is 74.0 cm³/mol. The van der Waals surface area contributed by atoms with E-state index in [9.17, 15) is 9.59 Å². The molecule has 0 spiro atoms. The highest BCUT2D eigenvalue weighted by Gasteiger charge is 2.09. The van der Waals surface area contributed by atoms with Crippen LogP contribution in [0, 0.1) is 0 Å². The molecule has 0 fully saturated rings. The Morgan fingerprint density at radius 2 is 1.89 bits per heavy atom. The van der Waals surface area contributed by atoms with E-state index in [1.54, 1.807) is 31.2 Å². The van der Waals surface area contributed by atoms with Crippen molar-refractivity contribution in [1.29, 1.82) is 0 Å². The van der Waals surface area contributed by atoms with Gasteiger partial charge in [-0.25, -0.2) is 0 Å². The molecule has 0 saturated carbocycles. The first kappa shape index (κ1) is 16.7. The number of amides is 2. The standard InChI is InChI=1S/C11H14ClN3O2.ClH/c1-7(13)11(17)14-6-10(16)15-9-4-2-8(12)3-5-9;/h2-5,7H,6,13H2,1H3,(H,14,17)(H,15,16);1H/t7-;/m1./s1. The fourth-order valence-electron chi connectivity index (χ4n) is 1.07. The minimum atomic E-state index is -0.627. The third kappa shape index (κ3) is 5.86. The number of carbonyl (C=O) groups is 2. The first-order valence-corrected chi connectivity index (χ1v) is 5.45. The number of hydrogen-bond acceptors (Lipinski definition) is 3. The van der Waals surface area contributed by atoms with E-state index in [2.05, 4.69) is 10.6 Å². The molecule has 0 saturated heterocycles. The van der Waals surface area contributed by atoms with Crippen LogP contribution >= 0.6 is 24.0 Å². The zero-order valence-electron chi connectivity index (χ0n) is 9.77. The van der Waals surface area contributed by atoms with Gasteiger partial charge in [0, 0.05) is 10.7 Å². The molecule has 0 heterocycles. The van der Waals surface area contributed by atoms with Crippen molar-refractivity contribution in [2.75, 3.05) is 11.9 Å². The summed E-state index contributed by atoms with van der Waals surface area (Å²) in [7, 11) is 0. The molecule has 0 radical (unpaired) electrons. The lowest BCUT2D eigenvalue weighted by Crippen LogP contribution is -2.41. The average molecular weight is 292 g/mol. The summed E-state index contributed by atoms with van der Waals surface area (Å²) >= 11 is 5.70. The zero-order chi connectivity index (χ0) is 12.8. The zero-order valence-corrected chi connectivity index (χ0v) is 11.3. The van der Waals surface area contributed by atoms with Crippen molar-refractivity contribution in [3.8, 4) is 0 Å². The van der Waals surface area contributed by atoms with Crippen LogP contribution < -0.4 is 16.4 Å². The largest absolute Gasteiger partial charge is 0.346 e. The van der Waals surface area contributed by atoms with Crippen LogP contribution in [0.5, 0.6) is 0 Å². The summed E-state index contributed by atoms with van der Waals surface area (Å²) in [5.74, 6) is -0.683. The number of carbonyl (C=O) groups excluding carboxylic acids is 2. The Bertz CT molecular complexity index is 407. The van der Waals surface area contributed by atoms with Crippen LogP contribution in [0.15, 0.2) is 24.3 Å². The molecule has 1 aromatic carbocycles. The van der Waals surface area contributed by atoms with E-state index < -0.39 is 6.04 Å². The predicted octanol–water partition coefficient (Wildman–Crippen LogP) is 1.16. The van der Waals surface area contributed by atoms with E-state index in [1.807, 2.05) is 0 Å². The maximum absolute atomic E-state index is 11.4. The summed E-state index contributed by atoms with van der Waals surface area (Å²) in [6.45, 7) is 1.44. The van der Waals surface area contributed by atoms with Crippen LogP contribution in [-0.4, -0.2) is 24.4 Å². The third-order valence-electron chi connectivity index (χ3n) is 1.96. The fraction of sp³-hybridized carbons (Fsp3) is 0.273. The van der Waals surface area contributed by atoms with Crippen LogP contribution in [-0.2, 0) is 9.59 Å². The van der Waals surface area contributed by atoms with E-state index in [-0.39, 0.29) is 30.8 Å². The molecule has 0 aliphatic heterocycles. The van der Waals surface area contributed by atoms with Gasteiger partial charge in [0.1, 0.15) is 0 Å². The summed E-state index contributed by atoms with van der Waals surface area (Å²) in [5, 5.41) is 5.61. The van der Waals surface area contributed by atoms with Gasteiger partial charge >= 0.3 is 0 Å². The lowest BCUT2D eigenvalue weighted by Gasteiger charge is -2.08. The summed E-state index contributed by atoms with van der Waals surface area (Å²) in [4.78, 5) is 22.5. The molecule has 2 amide bonds. The molecule has 0 aromatic heterocycles. The van der Waals surface area contributed by atoms with Gasteiger partial charge in [-0.05, 0) is 31.2 Å². The summed E-state index contributed by atoms with van der Waals surface area (Å²) in [6.07, 6.45) is 0. The highest BCUT2D eigenvalue weighted by molar-refractivity contribution is 6.30. The number of anilines is 1. The molecule has 5 nitrogen and oxygen atoms in total. The van der Waals surface area contributed by atoms with Crippen molar-refractivity contribution in [2.24, 2.45) is 5.73 Å². The van der Waals surface area contributed by atoms with Crippen molar-refractivity contribution in [3.63, 3.8) is 0 Å². The maximum Gasteiger partial charge on any atom is 0.243 e. The second kappa shape index (κ2) is 7.92. The smallest absolute Gasteiger partial charge is 0.243 e. The van der Waals surface area contributed by atoms with Gasteiger partial charge in [-0.3, -0.25) is 9.59 Å². The molecule has 7 heteroatoms. The van der Waals surface area contributed by atoms with E-state index in [0.717, 1.165) is 0 Å². The van der Waals surface area contributed by atoms with Gasteiger partial charge in [0.15, 0.2) is 0 Å². The fourth-order valence-corrected chi connectivity index (χ4v) is 1.19. The van der Waals surface area contributed by atoms with E-state index in [4.69, 9.17) is 17.3 Å². The van der Waals surface area contributed by atoms with Crippen molar-refractivity contribution in [2.45, 2.75) is 13.0 Å². The Hall–Kier alpha value is -1.30. The van der Waals surface area contributed by atoms with E-state index >= 15 is 0 Å². The SMILES string of the molecule is C[C@@H](N)C(=O)NCC(=O)Nc1ccc(Cl)cc1.Cl. The third-order valence-corrected chi connectivity index (χ3v) is 2.22. The van der Waals surface area contributed by atoms with E-state index in [0.29, 0.717) is 10.7 Å². The van der Waals surface area contributed by atoms with Crippen molar-refractivity contribution in [3.05, 3.63) is 29.3 Å². The van der Waals surface area contributed by atoms with Crippen molar-refractivity contribution in [1.82, 2.24) is 5.32 Å². The summed E-state index contributed by atoms with van der Waals surface area (Å²) < 4.78 is 0. The Labute approximate surface area is 116 Å². The van der Waals surface area contributed by atoms with Gasteiger partial charge in [-0.1, -0.05) is 11.6 Å². The van der Waals surface area contributed by atoms with E-state index in [1.165, 1.54) is 0 Å². The highest BCUT2D eigenvalue weighted by Crippen LogP contribution is 2.12. The number of rotatable bonds is 4. The molecule has 0 bridgehead atoms. The monoisotopic (exact) mass is 291 g/mol. The summed E-state index contributed by atoms with van der Waals surface area (Å²) in [5.41, 5.74) is 5.95. The molecule has 0 unspecified atom stereocenters. The van der Waals surface area contributed by atoms with Crippen LogP contribution in [0.3, 0.4) is 0 Å². The van der Waals surface area contributed by atoms with Gasteiger partial charge < -0.3 is 16.4 Å². The molecule has 1 rings (SSSR count). The topological polar surface area (TPSA) is 84.2 Å². The molecule has 100 valence electrons. The first-order chi connectivity index (χ1) is 7.99. The molecular weight excluding hydrogens is 277 g/mol. The van der Waals surface area contributed by atoms with Gasteiger partial charge in [0.05, 0.1) is 12.6 Å². The minimum Gasteiger partial charge on any atom is -0.346 e. The van der Waals surface area contributed by atoms with Crippen molar-refractivity contribution < 1.29 is 9.59 Å². The minimum absolute atomic E-state index is 0. The molecule has 4 N–H and O–H groups in total. The Morgan fingerprint density at radius 1 is 1.33 bits per heavy atom. The maximum atomic E-state index is 11.4. The number of nitrogens with two attached hydrogens (primary N) is 1. The highest BCUT2D eigenvalue weighted by atomic mass is 35.5. The van der Waals surface area contributed by atoms with Crippen LogP contribution in [0.4, 0.5) is 5.69 Å². The van der Waals surface area contributed by atoms with Crippen molar-refractivity contribution >= 4 is 41.5 Å². The van der Waals surface area contributed by atoms with Crippen LogP contribution in [0.2, 0.25) is 5.02 Å². The van der Waals surface area contributed by atoms with Gasteiger partial charge in [-0.15, -0.1) is 12.4 Å². The Balaban J connectivity index is 0.00000289. The van der Waals surface area contributed by atoms with Gasteiger partial charge in [-0.2, -0.15) is 0 Å². The van der Waals surface area contributed by atoms with Crippen LogP contribution in [0.25, 0.3) is 0 Å². The number of hydrogen-bond donors (Lipinski definition) is 3. The van der Waals surface area contributed by atoms with Gasteiger partial charge in [0.25, 0.3) is 0 Å². The number of nitrogens with one attached hydrogen (secondary N) is 2. The number of benzene rings is 1. The van der Waals surface area contributed by atoms with Gasteiger partial charge in [0.2, 0.25) is 11.8 Å². The molecule has 18 heavy (non-hydrogen) atoms. The molecule has 0 aliphatic rings. The summed E-state index contributed by atoms with van der Waals surface area (Å²) in [6, 6.07) is 6.05. The Morgan fingerprint density at radius 3 is 2.39 bits per heavy atom. The average Bonchev–Trinajstić information content (AvgIpc) is 2.29. The molecule has 1 atom stereocenters. The lowest BCUT2D eigenvalue weighted by atomic mass is 10.3. The quantitative estimate of drug-likeness (QED) is 0.778.